The van der Waals surface area contributed by atoms with Crippen molar-refractivity contribution in [2.24, 2.45) is 0 Å². The molecule has 0 radical (unpaired) electrons. The van der Waals surface area contributed by atoms with E-state index in [1.165, 1.54) is 6.07 Å². The van der Waals surface area contributed by atoms with Gasteiger partial charge in [0.25, 0.3) is 0 Å². The van der Waals surface area contributed by atoms with Gasteiger partial charge in [-0.1, -0.05) is 6.42 Å². The summed E-state index contributed by atoms with van der Waals surface area (Å²) in [5.41, 5.74) is -0.809. The summed E-state index contributed by atoms with van der Waals surface area (Å²) in [6.07, 6.45) is 8.38. The van der Waals surface area contributed by atoms with Gasteiger partial charge in [0.05, 0.1) is 50.7 Å². The molecule has 0 saturated heterocycles. The quantitative estimate of drug-likeness (QED) is 0.268. The normalized spacial score (nSPS) is 9.90. The Morgan fingerprint density at radius 3 is 1.79 bits per heavy atom. The molecule has 0 spiro atoms. The second-order valence-corrected chi connectivity index (χ2v) is 5.94. The average Bonchev–Trinajstić information content (AvgIpc) is 2.75. The lowest BCUT2D eigenvalue weighted by atomic mass is 9.88. The van der Waals surface area contributed by atoms with Crippen LogP contribution < -0.4 is 0 Å². The van der Waals surface area contributed by atoms with E-state index in [0.717, 1.165) is 41.3 Å². The third-order valence-corrected chi connectivity index (χ3v) is 4.25. The van der Waals surface area contributed by atoms with Crippen LogP contribution in [-0.4, -0.2) is 52.3 Å². The maximum absolute atomic E-state index is 12.5. The fourth-order valence-corrected chi connectivity index (χ4v) is 2.88. The van der Waals surface area contributed by atoms with E-state index in [9.17, 15) is 19.2 Å². The highest BCUT2D eigenvalue weighted by Crippen LogP contribution is 2.28. The van der Waals surface area contributed by atoms with Crippen molar-refractivity contribution >= 4 is 23.9 Å². The average molecular weight is 404 g/mol. The second kappa shape index (κ2) is 11.5. The molecule has 1 aromatic carbocycles. The molecule has 0 amide bonds. The van der Waals surface area contributed by atoms with Crippen LogP contribution in [0.4, 0.5) is 0 Å². The highest BCUT2D eigenvalue weighted by Gasteiger charge is 2.34. The number of hydrogen-bond acceptors (Lipinski definition) is 8. The zero-order chi connectivity index (χ0) is 22.0. The molecule has 0 bridgehead atoms. The van der Waals surface area contributed by atoms with Gasteiger partial charge in [-0.05, 0) is 30.9 Å². The highest BCUT2D eigenvalue weighted by molar-refractivity contribution is 6.15. The van der Waals surface area contributed by atoms with Crippen molar-refractivity contribution in [3.63, 3.8) is 0 Å². The van der Waals surface area contributed by atoms with Gasteiger partial charge in [-0.15, -0.1) is 12.3 Å². The maximum atomic E-state index is 12.5. The van der Waals surface area contributed by atoms with E-state index in [1.54, 1.807) is 0 Å². The second-order valence-electron chi connectivity index (χ2n) is 5.94. The Bertz CT molecular complexity index is 832. The van der Waals surface area contributed by atoms with Gasteiger partial charge in [0.15, 0.2) is 0 Å². The largest absolute Gasteiger partial charge is 0.465 e. The first-order valence-corrected chi connectivity index (χ1v) is 8.84. The zero-order valence-corrected chi connectivity index (χ0v) is 17.0. The van der Waals surface area contributed by atoms with E-state index in [0.29, 0.717) is 24.8 Å². The number of carbonyl (C=O) groups excluding carboxylic acids is 4. The molecule has 8 heteroatoms. The monoisotopic (exact) mass is 404 g/mol. The molecule has 0 N–H and O–H groups in total. The Labute approximate surface area is 169 Å². The van der Waals surface area contributed by atoms with E-state index in [-0.39, 0.29) is 11.1 Å². The van der Waals surface area contributed by atoms with Crippen molar-refractivity contribution in [3.8, 4) is 12.3 Å². The van der Waals surface area contributed by atoms with Crippen molar-refractivity contribution in [2.45, 2.75) is 32.1 Å². The Kier molecular flexibility index (Phi) is 9.39. The molecule has 0 fully saturated rings. The van der Waals surface area contributed by atoms with Crippen LogP contribution in [0.1, 0.15) is 72.7 Å². The first-order chi connectivity index (χ1) is 13.9. The maximum Gasteiger partial charge on any atom is 0.339 e. The fraction of sp³-hybridized carbons (Fsp3) is 0.429. The van der Waals surface area contributed by atoms with Gasteiger partial charge >= 0.3 is 23.9 Å². The Morgan fingerprint density at radius 2 is 1.28 bits per heavy atom. The van der Waals surface area contributed by atoms with Crippen molar-refractivity contribution in [2.75, 3.05) is 28.4 Å². The number of ether oxygens (including phenoxy) is 4. The SMILES string of the molecule is C#CCCCCCc1cc(C(=O)OC)c(C(=O)OC)c(C(=O)OC)c1C(=O)OC. The smallest absolute Gasteiger partial charge is 0.339 e. The molecular weight excluding hydrogens is 380 g/mol. The first-order valence-electron chi connectivity index (χ1n) is 8.84. The zero-order valence-electron chi connectivity index (χ0n) is 17.0. The van der Waals surface area contributed by atoms with Crippen molar-refractivity contribution in [1.82, 2.24) is 0 Å². The predicted octanol–water partition coefficient (Wildman–Crippen LogP) is 2.57. The van der Waals surface area contributed by atoms with Gasteiger partial charge in [-0.25, -0.2) is 19.2 Å². The minimum atomic E-state index is -0.989. The van der Waals surface area contributed by atoms with Gasteiger partial charge in [-0.3, -0.25) is 0 Å². The lowest BCUT2D eigenvalue weighted by Gasteiger charge is -2.18. The molecule has 0 aliphatic rings. The summed E-state index contributed by atoms with van der Waals surface area (Å²) in [7, 11) is 4.46. The number of rotatable bonds is 9. The van der Waals surface area contributed by atoms with Crippen LogP contribution in [0.25, 0.3) is 0 Å². The number of unbranched alkanes of at least 4 members (excludes halogenated alkanes) is 3. The number of esters is 4. The third kappa shape index (κ3) is 5.57. The van der Waals surface area contributed by atoms with Gasteiger partial charge < -0.3 is 18.9 Å². The topological polar surface area (TPSA) is 105 Å². The number of carbonyl (C=O) groups is 4. The summed E-state index contributed by atoms with van der Waals surface area (Å²) in [5.74, 6) is -1.13. The molecule has 0 unspecified atom stereocenters. The summed E-state index contributed by atoms with van der Waals surface area (Å²) in [4.78, 5) is 49.7. The highest BCUT2D eigenvalue weighted by atomic mass is 16.5. The van der Waals surface area contributed by atoms with E-state index >= 15 is 0 Å². The lowest BCUT2D eigenvalue weighted by molar-refractivity contribution is 0.0520. The van der Waals surface area contributed by atoms with Crippen molar-refractivity contribution in [3.05, 3.63) is 33.9 Å². The molecule has 0 aliphatic carbocycles. The number of methoxy groups -OCH3 is 4. The molecular formula is C21H24O8. The van der Waals surface area contributed by atoms with Gasteiger partial charge in [-0.2, -0.15) is 0 Å². The minimum absolute atomic E-state index is 0.149. The van der Waals surface area contributed by atoms with Crippen LogP contribution in [0.15, 0.2) is 6.07 Å². The predicted molar refractivity (Wildman–Crippen MR) is 103 cm³/mol. The van der Waals surface area contributed by atoms with Crippen molar-refractivity contribution < 1.29 is 38.1 Å². The number of aryl methyl sites for hydroxylation is 1. The van der Waals surface area contributed by atoms with Crippen molar-refractivity contribution in [1.29, 1.82) is 0 Å². The van der Waals surface area contributed by atoms with E-state index in [1.807, 2.05) is 0 Å². The molecule has 1 aromatic rings. The van der Waals surface area contributed by atoms with E-state index in [4.69, 9.17) is 25.4 Å². The van der Waals surface area contributed by atoms with Gasteiger partial charge in [0.2, 0.25) is 0 Å². The third-order valence-electron chi connectivity index (χ3n) is 4.25. The van der Waals surface area contributed by atoms with Crippen LogP contribution in [-0.2, 0) is 25.4 Å². The summed E-state index contributed by atoms with van der Waals surface area (Å²) in [6.45, 7) is 0. The number of benzene rings is 1. The van der Waals surface area contributed by atoms with Crippen LogP contribution in [0, 0.1) is 12.3 Å². The molecule has 0 atom stereocenters. The lowest BCUT2D eigenvalue weighted by Crippen LogP contribution is -2.24. The van der Waals surface area contributed by atoms with E-state index < -0.39 is 35.0 Å². The molecule has 29 heavy (non-hydrogen) atoms. The molecule has 0 aliphatic heterocycles. The summed E-state index contributed by atoms with van der Waals surface area (Å²) in [6, 6.07) is 1.35. The van der Waals surface area contributed by atoms with Crippen LogP contribution in [0.2, 0.25) is 0 Å². The Hall–Kier alpha value is -3.34. The number of hydrogen-bond donors (Lipinski definition) is 0. The Morgan fingerprint density at radius 1 is 0.759 bits per heavy atom. The fourth-order valence-electron chi connectivity index (χ4n) is 2.88. The minimum Gasteiger partial charge on any atom is -0.465 e. The first kappa shape index (κ1) is 23.7. The molecule has 0 saturated carbocycles. The molecule has 0 heterocycles. The van der Waals surface area contributed by atoms with Crippen LogP contribution in [0.5, 0.6) is 0 Å². The standard InChI is InChI=1S/C21H24O8/c1-6-7-8-9-10-11-13-12-14(18(22)26-2)16(20(24)28-4)17(21(25)29-5)15(13)19(23)27-3/h1,12H,7-11H2,2-5H3. The van der Waals surface area contributed by atoms with Crippen LogP contribution in [0.3, 0.4) is 0 Å². The summed E-state index contributed by atoms with van der Waals surface area (Å²) >= 11 is 0. The Balaban J connectivity index is 3.75. The molecule has 8 nitrogen and oxygen atoms in total. The molecule has 156 valence electrons. The summed E-state index contributed by atoms with van der Waals surface area (Å²) in [5, 5.41) is 0. The van der Waals surface area contributed by atoms with Gasteiger partial charge in [0, 0.05) is 6.42 Å². The number of terminal acetylenes is 1. The van der Waals surface area contributed by atoms with E-state index in [2.05, 4.69) is 5.92 Å². The molecule has 1 rings (SSSR count). The van der Waals surface area contributed by atoms with Gasteiger partial charge in [0.1, 0.15) is 0 Å². The van der Waals surface area contributed by atoms with Crippen LogP contribution >= 0.6 is 0 Å². The summed E-state index contributed by atoms with van der Waals surface area (Å²) < 4.78 is 19.0. The molecule has 0 aromatic heterocycles.